The molecule has 1 rings (SSSR count). The second kappa shape index (κ2) is 3.78. The lowest BCUT2D eigenvalue weighted by molar-refractivity contribution is -0.0497. The van der Waals surface area contributed by atoms with Gasteiger partial charge in [-0.2, -0.15) is 8.78 Å². The van der Waals surface area contributed by atoms with Crippen LogP contribution in [0.3, 0.4) is 0 Å². The molecule has 0 amide bonds. The molecule has 0 unspecified atom stereocenters. The summed E-state index contributed by atoms with van der Waals surface area (Å²) >= 11 is 3.02. The molecule has 0 fully saturated rings. The van der Waals surface area contributed by atoms with E-state index in [0.29, 0.717) is 4.47 Å². The molecule has 0 spiro atoms. The fourth-order valence-electron chi connectivity index (χ4n) is 0.797. The van der Waals surface area contributed by atoms with Crippen LogP contribution in [0.25, 0.3) is 0 Å². The molecule has 0 aromatic heterocycles. The van der Waals surface area contributed by atoms with Gasteiger partial charge in [0.15, 0.2) is 5.75 Å². The van der Waals surface area contributed by atoms with Crippen molar-refractivity contribution < 1.29 is 13.5 Å². The van der Waals surface area contributed by atoms with E-state index in [1.807, 2.05) is 0 Å². The summed E-state index contributed by atoms with van der Waals surface area (Å²) in [6, 6.07) is 2.99. The summed E-state index contributed by atoms with van der Waals surface area (Å²) in [6.07, 6.45) is 0. The maximum absolute atomic E-state index is 11.9. The summed E-state index contributed by atoms with van der Waals surface area (Å²) in [5, 5.41) is 0. The first-order valence-corrected chi connectivity index (χ1v) is 4.10. The molecule has 0 heterocycles. The average Bonchev–Trinajstić information content (AvgIpc) is 2.05. The number of ether oxygens (including phenoxy) is 1. The van der Waals surface area contributed by atoms with Gasteiger partial charge in [-0.25, -0.2) is 0 Å². The normalized spacial score (nSPS) is 10.5. The second-order valence-electron chi connectivity index (χ2n) is 2.26. The van der Waals surface area contributed by atoms with E-state index in [9.17, 15) is 8.78 Å². The van der Waals surface area contributed by atoms with Crippen LogP contribution in [0.1, 0.15) is 0 Å². The summed E-state index contributed by atoms with van der Waals surface area (Å²) < 4.78 is 28.3. The Morgan fingerprint density at radius 2 is 1.92 bits per heavy atom. The highest BCUT2D eigenvalue weighted by Crippen LogP contribution is 2.36. The Hall–Kier alpha value is -1.04. The van der Waals surface area contributed by atoms with Crippen molar-refractivity contribution in [1.82, 2.24) is 0 Å². The van der Waals surface area contributed by atoms with Crippen molar-refractivity contribution in [2.45, 2.75) is 6.61 Å². The molecule has 0 bridgehead atoms. The molecule has 0 atom stereocenters. The van der Waals surface area contributed by atoms with Crippen molar-refractivity contribution in [3.63, 3.8) is 0 Å². The van der Waals surface area contributed by atoms with Gasteiger partial charge in [0.2, 0.25) is 0 Å². The lowest BCUT2D eigenvalue weighted by Gasteiger charge is -2.10. The summed E-state index contributed by atoms with van der Waals surface area (Å²) in [6.45, 7) is -2.92. The Balaban J connectivity index is 3.10. The van der Waals surface area contributed by atoms with E-state index in [4.69, 9.17) is 11.5 Å². The average molecular weight is 253 g/mol. The molecule has 0 aliphatic carbocycles. The summed E-state index contributed by atoms with van der Waals surface area (Å²) in [5.41, 5.74) is 11.0. The van der Waals surface area contributed by atoms with Crippen LogP contribution >= 0.6 is 15.9 Å². The van der Waals surface area contributed by atoms with Gasteiger partial charge < -0.3 is 16.2 Å². The van der Waals surface area contributed by atoms with E-state index in [0.717, 1.165) is 0 Å². The topological polar surface area (TPSA) is 61.3 Å². The molecule has 13 heavy (non-hydrogen) atoms. The number of halogens is 3. The highest BCUT2D eigenvalue weighted by Gasteiger charge is 2.13. The van der Waals surface area contributed by atoms with Gasteiger partial charge in [0.1, 0.15) is 0 Å². The number of alkyl halides is 2. The molecule has 0 aliphatic heterocycles. The zero-order chi connectivity index (χ0) is 10.0. The lowest BCUT2D eigenvalue weighted by Crippen LogP contribution is -2.06. The van der Waals surface area contributed by atoms with Crippen LogP contribution in [0.2, 0.25) is 0 Å². The Labute approximate surface area is 81.8 Å². The third kappa shape index (κ3) is 2.21. The largest absolute Gasteiger partial charge is 0.431 e. The quantitative estimate of drug-likeness (QED) is 0.794. The smallest absolute Gasteiger partial charge is 0.387 e. The van der Waals surface area contributed by atoms with Crippen LogP contribution in [-0.4, -0.2) is 6.61 Å². The van der Waals surface area contributed by atoms with Crippen molar-refractivity contribution in [1.29, 1.82) is 0 Å². The third-order valence-electron chi connectivity index (χ3n) is 1.39. The summed E-state index contributed by atoms with van der Waals surface area (Å²) in [4.78, 5) is 0. The van der Waals surface area contributed by atoms with E-state index in [2.05, 4.69) is 20.7 Å². The molecule has 1 aromatic rings. The zero-order valence-electron chi connectivity index (χ0n) is 6.43. The summed E-state index contributed by atoms with van der Waals surface area (Å²) in [5.74, 6) is -0.130. The van der Waals surface area contributed by atoms with Crippen molar-refractivity contribution in [3.8, 4) is 5.75 Å². The van der Waals surface area contributed by atoms with Crippen molar-refractivity contribution >= 4 is 27.3 Å². The fourth-order valence-corrected chi connectivity index (χ4v) is 1.24. The van der Waals surface area contributed by atoms with Crippen molar-refractivity contribution in [2.75, 3.05) is 11.5 Å². The maximum Gasteiger partial charge on any atom is 0.387 e. The number of rotatable bonds is 2. The Morgan fingerprint density at radius 1 is 1.31 bits per heavy atom. The number of nitrogen functional groups attached to an aromatic ring is 2. The van der Waals surface area contributed by atoms with Crippen LogP contribution in [-0.2, 0) is 0 Å². The standard InChI is InChI=1S/C7H7BrF2N2O/c8-3-1-2-4(11)5(12)6(3)13-7(9)10/h1-2,7H,11-12H2. The van der Waals surface area contributed by atoms with E-state index < -0.39 is 6.61 Å². The Bertz CT molecular complexity index is 320. The Morgan fingerprint density at radius 3 is 2.46 bits per heavy atom. The molecule has 6 heteroatoms. The van der Waals surface area contributed by atoms with Gasteiger partial charge in [-0.15, -0.1) is 0 Å². The first kappa shape index (κ1) is 10.0. The summed E-state index contributed by atoms with van der Waals surface area (Å²) in [7, 11) is 0. The van der Waals surface area contributed by atoms with E-state index in [1.165, 1.54) is 12.1 Å². The van der Waals surface area contributed by atoms with Gasteiger partial charge in [-0.1, -0.05) is 0 Å². The molecule has 0 aliphatic rings. The minimum Gasteiger partial charge on any atom is -0.431 e. The third-order valence-corrected chi connectivity index (χ3v) is 2.01. The SMILES string of the molecule is Nc1ccc(Br)c(OC(F)F)c1N. The van der Waals surface area contributed by atoms with Crippen molar-refractivity contribution in [3.05, 3.63) is 16.6 Å². The second-order valence-corrected chi connectivity index (χ2v) is 3.11. The van der Waals surface area contributed by atoms with Gasteiger partial charge >= 0.3 is 6.61 Å². The number of hydrogen-bond acceptors (Lipinski definition) is 3. The minimum atomic E-state index is -2.92. The lowest BCUT2D eigenvalue weighted by atomic mass is 10.2. The molecular weight excluding hydrogens is 246 g/mol. The molecule has 4 N–H and O–H groups in total. The molecule has 3 nitrogen and oxygen atoms in total. The van der Waals surface area contributed by atoms with Gasteiger partial charge in [0.25, 0.3) is 0 Å². The van der Waals surface area contributed by atoms with Crippen LogP contribution in [0.4, 0.5) is 20.2 Å². The van der Waals surface area contributed by atoms with Crippen molar-refractivity contribution in [2.24, 2.45) is 0 Å². The first-order chi connectivity index (χ1) is 6.02. The minimum absolute atomic E-state index is 0.00896. The van der Waals surface area contributed by atoms with Gasteiger partial charge in [0.05, 0.1) is 15.8 Å². The van der Waals surface area contributed by atoms with Crippen LogP contribution < -0.4 is 16.2 Å². The zero-order valence-corrected chi connectivity index (χ0v) is 8.01. The number of anilines is 2. The molecule has 1 aromatic carbocycles. The molecular formula is C7H7BrF2N2O. The Kier molecular flexibility index (Phi) is 2.92. The first-order valence-electron chi connectivity index (χ1n) is 3.30. The van der Waals surface area contributed by atoms with Crippen LogP contribution in [0.5, 0.6) is 5.75 Å². The highest BCUT2D eigenvalue weighted by molar-refractivity contribution is 9.10. The van der Waals surface area contributed by atoms with E-state index in [-0.39, 0.29) is 17.1 Å². The van der Waals surface area contributed by atoms with E-state index >= 15 is 0 Å². The predicted octanol–water partition coefficient (Wildman–Crippen LogP) is 2.21. The fraction of sp³-hybridized carbons (Fsp3) is 0.143. The molecule has 0 radical (unpaired) electrons. The maximum atomic E-state index is 11.9. The van der Waals surface area contributed by atoms with Gasteiger partial charge in [-0.3, -0.25) is 0 Å². The number of nitrogens with two attached hydrogens (primary N) is 2. The molecule has 72 valence electrons. The number of hydrogen-bond donors (Lipinski definition) is 2. The van der Waals surface area contributed by atoms with Crippen LogP contribution in [0, 0.1) is 0 Å². The van der Waals surface area contributed by atoms with Crippen LogP contribution in [0.15, 0.2) is 16.6 Å². The monoisotopic (exact) mass is 252 g/mol. The predicted molar refractivity (Wildman–Crippen MR) is 49.6 cm³/mol. The molecule has 0 saturated heterocycles. The number of benzene rings is 1. The highest BCUT2D eigenvalue weighted by atomic mass is 79.9. The molecule has 0 saturated carbocycles. The van der Waals surface area contributed by atoms with Gasteiger partial charge in [0, 0.05) is 0 Å². The van der Waals surface area contributed by atoms with E-state index in [1.54, 1.807) is 0 Å². The van der Waals surface area contributed by atoms with Gasteiger partial charge in [-0.05, 0) is 28.1 Å².